The van der Waals surface area contributed by atoms with E-state index in [1.807, 2.05) is 24.3 Å². The molecule has 2 amide bonds. The normalized spacial score (nSPS) is 10.3. The molecule has 0 saturated heterocycles. The monoisotopic (exact) mass is 323 g/mol. The van der Waals surface area contributed by atoms with Gasteiger partial charge in [0.1, 0.15) is 5.75 Å². The van der Waals surface area contributed by atoms with E-state index < -0.39 is 6.67 Å². The number of methoxy groups -OCH3 is 1. The lowest BCUT2D eigenvalue weighted by molar-refractivity contribution is 0.251. The summed E-state index contributed by atoms with van der Waals surface area (Å²) in [5, 5.41) is 5.74. The van der Waals surface area contributed by atoms with Gasteiger partial charge in [0.2, 0.25) is 0 Å². The molecule has 2 aromatic rings. The molecule has 7 heteroatoms. The number of aromatic nitrogens is 1. The average molecular weight is 323 g/mol. The van der Waals surface area contributed by atoms with E-state index in [-0.39, 0.29) is 6.03 Å². The summed E-state index contributed by atoms with van der Waals surface area (Å²) >= 11 is 1.42. The van der Waals surface area contributed by atoms with Crippen molar-refractivity contribution < 1.29 is 13.9 Å². The number of anilines is 1. The second kappa shape index (κ2) is 8.33. The number of nitrogens with zero attached hydrogens (tertiary/aromatic N) is 1. The number of hydrogen-bond donors (Lipinski definition) is 2. The molecule has 0 aliphatic heterocycles. The Kier molecular flexibility index (Phi) is 6.14. The van der Waals surface area contributed by atoms with Crippen LogP contribution >= 0.6 is 11.3 Å². The van der Waals surface area contributed by atoms with Crippen molar-refractivity contribution in [1.82, 2.24) is 10.3 Å². The number of benzene rings is 1. The molecular formula is C15H18FN3O2S. The maximum atomic E-state index is 11.9. The Balaban J connectivity index is 1.86. The van der Waals surface area contributed by atoms with Crippen LogP contribution in [-0.2, 0) is 6.42 Å². The Hall–Kier alpha value is -2.15. The molecule has 0 saturated carbocycles. The van der Waals surface area contributed by atoms with Gasteiger partial charge in [-0.3, -0.25) is 9.71 Å². The van der Waals surface area contributed by atoms with E-state index in [1.165, 1.54) is 11.3 Å². The zero-order valence-corrected chi connectivity index (χ0v) is 13.1. The lowest BCUT2D eigenvalue weighted by Gasteiger charge is -2.03. The van der Waals surface area contributed by atoms with Gasteiger partial charge in [-0.05, 0) is 24.1 Å². The van der Waals surface area contributed by atoms with Gasteiger partial charge in [0.15, 0.2) is 5.13 Å². The third kappa shape index (κ3) is 5.00. The molecule has 0 unspecified atom stereocenters. The highest BCUT2D eigenvalue weighted by atomic mass is 32.1. The van der Waals surface area contributed by atoms with E-state index in [2.05, 4.69) is 15.6 Å². The van der Waals surface area contributed by atoms with E-state index in [0.717, 1.165) is 22.6 Å². The van der Waals surface area contributed by atoms with Crippen molar-refractivity contribution in [2.45, 2.75) is 12.8 Å². The number of rotatable bonds is 7. The van der Waals surface area contributed by atoms with Crippen LogP contribution in [0.25, 0.3) is 0 Å². The third-order valence-corrected chi connectivity index (χ3v) is 3.82. The van der Waals surface area contributed by atoms with Gasteiger partial charge in [0.05, 0.1) is 13.8 Å². The molecule has 0 spiro atoms. The van der Waals surface area contributed by atoms with E-state index in [4.69, 9.17) is 4.74 Å². The van der Waals surface area contributed by atoms with Crippen LogP contribution < -0.4 is 15.4 Å². The smallest absolute Gasteiger partial charge is 0.321 e. The molecule has 0 bridgehead atoms. The van der Waals surface area contributed by atoms with Gasteiger partial charge in [0, 0.05) is 24.0 Å². The van der Waals surface area contributed by atoms with E-state index in [9.17, 15) is 9.18 Å². The summed E-state index contributed by atoms with van der Waals surface area (Å²) in [6.45, 7) is -0.129. The van der Waals surface area contributed by atoms with Crippen molar-refractivity contribution in [3.63, 3.8) is 0 Å². The summed E-state index contributed by atoms with van der Waals surface area (Å²) in [6, 6.07) is 7.45. The molecule has 2 rings (SSSR count). The molecule has 0 fully saturated rings. The van der Waals surface area contributed by atoms with Gasteiger partial charge in [0.25, 0.3) is 0 Å². The van der Waals surface area contributed by atoms with Gasteiger partial charge < -0.3 is 10.1 Å². The fourth-order valence-electron chi connectivity index (χ4n) is 1.80. The van der Waals surface area contributed by atoms with Gasteiger partial charge in [-0.25, -0.2) is 9.78 Å². The number of nitrogens with one attached hydrogen (secondary N) is 2. The molecule has 0 radical (unpaired) electrons. The summed E-state index contributed by atoms with van der Waals surface area (Å²) in [7, 11) is 1.63. The first kappa shape index (κ1) is 16.2. The van der Waals surface area contributed by atoms with Crippen LogP contribution in [0.3, 0.4) is 0 Å². The Morgan fingerprint density at radius 3 is 2.82 bits per heavy atom. The van der Waals surface area contributed by atoms with E-state index in [0.29, 0.717) is 18.1 Å². The molecule has 22 heavy (non-hydrogen) atoms. The second-order valence-corrected chi connectivity index (χ2v) is 5.70. The number of urea groups is 1. The first-order valence-corrected chi connectivity index (χ1v) is 7.71. The number of hydrogen-bond acceptors (Lipinski definition) is 4. The molecule has 118 valence electrons. The van der Waals surface area contributed by atoms with Crippen molar-refractivity contribution in [3.8, 4) is 5.75 Å². The molecule has 1 aromatic carbocycles. The largest absolute Gasteiger partial charge is 0.497 e. The minimum Gasteiger partial charge on any atom is -0.497 e. The van der Waals surface area contributed by atoms with Crippen LogP contribution in [0.5, 0.6) is 5.75 Å². The molecule has 0 aliphatic carbocycles. The summed E-state index contributed by atoms with van der Waals surface area (Å²) in [5.74, 6) is 0.820. The maximum Gasteiger partial charge on any atom is 0.321 e. The predicted octanol–water partition coefficient (Wildman–Crippen LogP) is 3.22. The number of carbonyl (C=O) groups is 1. The van der Waals surface area contributed by atoms with Crippen molar-refractivity contribution in [2.24, 2.45) is 0 Å². The molecule has 1 heterocycles. The van der Waals surface area contributed by atoms with Gasteiger partial charge in [-0.15, -0.1) is 11.3 Å². The van der Waals surface area contributed by atoms with Crippen LogP contribution in [-0.4, -0.2) is 31.3 Å². The Morgan fingerprint density at radius 2 is 2.14 bits per heavy atom. The minimum absolute atomic E-state index is 0.312. The van der Waals surface area contributed by atoms with Crippen molar-refractivity contribution >= 4 is 22.5 Å². The number of amides is 2. The molecule has 1 aromatic heterocycles. The summed E-state index contributed by atoms with van der Waals surface area (Å²) in [4.78, 5) is 16.7. The lowest BCUT2D eigenvalue weighted by Crippen LogP contribution is -2.29. The average Bonchev–Trinajstić information content (AvgIpc) is 2.95. The van der Waals surface area contributed by atoms with Crippen molar-refractivity contribution in [3.05, 3.63) is 40.9 Å². The number of carbonyl (C=O) groups excluding carboxylic acids is 1. The molecular weight excluding hydrogens is 305 g/mol. The first-order valence-electron chi connectivity index (χ1n) is 6.89. The summed E-state index contributed by atoms with van der Waals surface area (Å²) in [6.07, 6.45) is 2.80. The quantitative estimate of drug-likeness (QED) is 0.769. The molecule has 0 aliphatic rings. The van der Waals surface area contributed by atoms with Crippen LogP contribution in [0.1, 0.15) is 16.9 Å². The fraction of sp³-hybridized carbons (Fsp3) is 0.333. The standard InChI is InChI=1S/C15H18FN3O2S/c1-21-12-5-3-11(4-6-12)9-13-10-18-15(22-13)19-14(20)17-8-2-7-16/h3-6,10H,2,7-9H2,1H3,(H2,17,18,19,20). The highest BCUT2D eigenvalue weighted by Crippen LogP contribution is 2.22. The lowest BCUT2D eigenvalue weighted by atomic mass is 10.1. The van der Waals surface area contributed by atoms with Gasteiger partial charge >= 0.3 is 6.03 Å². The predicted molar refractivity (Wildman–Crippen MR) is 85.5 cm³/mol. The molecule has 0 atom stereocenters. The Morgan fingerprint density at radius 1 is 1.36 bits per heavy atom. The molecule has 5 nitrogen and oxygen atoms in total. The second-order valence-electron chi connectivity index (χ2n) is 4.58. The van der Waals surface area contributed by atoms with Crippen LogP contribution in [0.2, 0.25) is 0 Å². The SMILES string of the molecule is COc1ccc(Cc2cnc(NC(=O)NCCCF)s2)cc1. The number of halogens is 1. The summed E-state index contributed by atoms with van der Waals surface area (Å²) < 4.78 is 17.1. The van der Waals surface area contributed by atoms with Gasteiger partial charge in [-0.1, -0.05) is 12.1 Å². The van der Waals surface area contributed by atoms with Crippen molar-refractivity contribution in [1.29, 1.82) is 0 Å². The Labute approximate surface area is 132 Å². The zero-order chi connectivity index (χ0) is 15.8. The third-order valence-electron chi connectivity index (χ3n) is 2.91. The van der Waals surface area contributed by atoms with Crippen LogP contribution in [0.4, 0.5) is 14.3 Å². The van der Waals surface area contributed by atoms with E-state index in [1.54, 1.807) is 13.3 Å². The summed E-state index contributed by atoms with van der Waals surface area (Å²) in [5.41, 5.74) is 1.14. The number of thiazole rings is 1. The maximum absolute atomic E-state index is 11.9. The fourth-order valence-corrected chi connectivity index (χ4v) is 2.64. The van der Waals surface area contributed by atoms with Gasteiger partial charge in [-0.2, -0.15) is 0 Å². The highest BCUT2D eigenvalue weighted by Gasteiger charge is 2.07. The van der Waals surface area contributed by atoms with Crippen molar-refractivity contribution in [2.75, 3.05) is 25.6 Å². The minimum atomic E-state index is -0.441. The zero-order valence-electron chi connectivity index (χ0n) is 12.3. The van der Waals surface area contributed by atoms with Crippen LogP contribution in [0, 0.1) is 0 Å². The first-order chi connectivity index (χ1) is 10.7. The van der Waals surface area contributed by atoms with E-state index >= 15 is 0 Å². The number of alkyl halides is 1. The highest BCUT2D eigenvalue weighted by molar-refractivity contribution is 7.15. The van der Waals surface area contributed by atoms with Crippen LogP contribution in [0.15, 0.2) is 30.5 Å². The Bertz CT molecular complexity index is 601. The topological polar surface area (TPSA) is 63.2 Å². The number of ether oxygens (including phenoxy) is 1. The molecule has 2 N–H and O–H groups in total.